The van der Waals surface area contributed by atoms with Crippen molar-refractivity contribution in [3.63, 3.8) is 0 Å². The van der Waals surface area contributed by atoms with Crippen LogP contribution in [0.15, 0.2) is 42.7 Å². The second kappa shape index (κ2) is 7.17. The van der Waals surface area contributed by atoms with Crippen LogP contribution in [0.3, 0.4) is 0 Å². The Hall–Kier alpha value is -2.71. The highest BCUT2D eigenvalue weighted by atomic mass is 16.1. The first kappa shape index (κ1) is 14.7. The lowest BCUT2D eigenvalue weighted by Gasteiger charge is -2.14. The van der Waals surface area contributed by atoms with Gasteiger partial charge >= 0.3 is 0 Å². The van der Waals surface area contributed by atoms with Crippen molar-refractivity contribution in [1.29, 1.82) is 0 Å². The fourth-order valence-corrected chi connectivity index (χ4v) is 1.83. The van der Waals surface area contributed by atoms with Crippen LogP contribution in [-0.2, 0) is 0 Å². The van der Waals surface area contributed by atoms with E-state index in [0.29, 0.717) is 12.1 Å². The third kappa shape index (κ3) is 4.13. The Morgan fingerprint density at radius 3 is 2.95 bits per heavy atom. The van der Waals surface area contributed by atoms with Crippen molar-refractivity contribution in [1.82, 2.24) is 15.5 Å². The molecule has 0 fully saturated rings. The van der Waals surface area contributed by atoms with Crippen LogP contribution in [0.5, 0.6) is 0 Å². The third-order valence-electron chi connectivity index (χ3n) is 2.92. The molecule has 5 heteroatoms. The van der Waals surface area contributed by atoms with Gasteiger partial charge in [0.2, 0.25) is 0 Å². The summed E-state index contributed by atoms with van der Waals surface area (Å²) in [6.07, 6.45) is 2.92. The summed E-state index contributed by atoms with van der Waals surface area (Å²) < 4.78 is 0. The number of aromatic nitrogens is 2. The van der Waals surface area contributed by atoms with E-state index in [1.807, 2.05) is 31.2 Å². The molecule has 1 amide bonds. The summed E-state index contributed by atoms with van der Waals surface area (Å²) >= 11 is 0. The van der Waals surface area contributed by atoms with Gasteiger partial charge in [0, 0.05) is 5.56 Å². The van der Waals surface area contributed by atoms with E-state index >= 15 is 0 Å². The molecule has 2 aromatic rings. The smallest absolute Gasteiger partial charge is 0.253 e. The minimum absolute atomic E-state index is 0.134. The van der Waals surface area contributed by atoms with Crippen molar-refractivity contribution in [2.75, 3.05) is 6.54 Å². The molecule has 1 aromatic heterocycles. The lowest BCUT2D eigenvalue weighted by atomic mass is 10.0. The van der Waals surface area contributed by atoms with Crippen molar-refractivity contribution < 1.29 is 4.79 Å². The normalized spacial score (nSPS) is 11.1. The Balaban J connectivity index is 2.10. The van der Waals surface area contributed by atoms with Crippen molar-refractivity contribution in [2.45, 2.75) is 13.0 Å². The number of carbonyl (C=O) groups excluding carboxylic acids is 1. The molecule has 1 heterocycles. The predicted molar refractivity (Wildman–Crippen MR) is 80.3 cm³/mol. The van der Waals surface area contributed by atoms with E-state index in [-0.39, 0.29) is 11.9 Å². The Labute approximate surface area is 123 Å². The third-order valence-corrected chi connectivity index (χ3v) is 2.92. The van der Waals surface area contributed by atoms with Crippen LogP contribution < -0.4 is 11.1 Å². The number of nitrogens with zero attached hydrogens (tertiary/aromatic N) is 2. The number of amides is 1. The Morgan fingerprint density at radius 2 is 2.24 bits per heavy atom. The van der Waals surface area contributed by atoms with Crippen LogP contribution >= 0.6 is 0 Å². The topological polar surface area (TPSA) is 80.9 Å². The van der Waals surface area contributed by atoms with Crippen LogP contribution in [0, 0.1) is 11.8 Å². The van der Waals surface area contributed by atoms with Crippen LogP contribution in [0.2, 0.25) is 0 Å². The maximum Gasteiger partial charge on any atom is 0.253 e. The lowest BCUT2D eigenvalue weighted by molar-refractivity contribution is 0.0939. The van der Waals surface area contributed by atoms with Crippen LogP contribution in [0.25, 0.3) is 0 Å². The quantitative estimate of drug-likeness (QED) is 0.830. The summed E-state index contributed by atoms with van der Waals surface area (Å²) in [4.78, 5) is 12.1. The van der Waals surface area contributed by atoms with E-state index in [0.717, 1.165) is 11.1 Å². The van der Waals surface area contributed by atoms with Gasteiger partial charge in [0.15, 0.2) is 0 Å². The van der Waals surface area contributed by atoms with Gasteiger partial charge < -0.3 is 11.1 Å². The fraction of sp³-hybridized carbons (Fsp3) is 0.188. The van der Waals surface area contributed by atoms with Gasteiger partial charge in [0.25, 0.3) is 5.91 Å². The van der Waals surface area contributed by atoms with Crippen molar-refractivity contribution in [2.24, 2.45) is 5.73 Å². The molecule has 0 aliphatic rings. The Morgan fingerprint density at radius 1 is 1.38 bits per heavy atom. The summed E-state index contributed by atoms with van der Waals surface area (Å²) in [6, 6.07) is 9.20. The molecule has 21 heavy (non-hydrogen) atoms. The Kier molecular flexibility index (Phi) is 5.02. The first-order chi connectivity index (χ1) is 10.2. The van der Waals surface area contributed by atoms with Crippen LogP contribution in [0.1, 0.15) is 34.5 Å². The van der Waals surface area contributed by atoms with E-state index < -0.39 is 0 Å². The van der Waals surface area contributed by atoms with Crippen molar-refractivity contribution in [3.05, 3.63) is 59.4 Å². The number of hydrogen-bond donors (Lipinski definition) is 2. The monoisotopic (exact) mass is 280 g/mol. The molecular weight excluding hydrogens is 264 g/mol. The molecule has 0 bridgehead atoms. The largest absolute Gasteiger partial charge is 0.345 e. The molecule has 1 aromatic carbocycles. The molecular formula is C16H16N4O. The van der Waals surface area contributed by atoms with Gasteiger partial charge in [-0.25, -0.2) is 0 Å². The highest BCUT2D eigenvalue weighted by Gasteiger charge is 2.11. The number of carbonyl (C=O) groups is 1. The number of nitrogens with two attached hydrogens (primary N) is 1. The molecule has 0 saturated heterocycles. The summed E-state index contributed by atoms with van der Waals surface area (Å²) in [6.45, 7) is 2.24. The zero-order valence-electron chi connectivity index (χ0n) is 11.7. The molecule has 0 aliphatic carbocycles. The van der Waals surface area contributed by atoms with Gasteiger partial charge in [-0.2, -0.15) is 10.2 Å². The van der Waals surface area contributed by atoms with E-state index in [9.17, 15) is 4.79 Å². The SMILES string of the molecule is CC(NC(=O)c1ccnnc1)c1cccc(C#CCN)c1. The van der Waals surface area contributed by atoms with Crippen LogP contribution in [-0.4, -0.2) is 22.6 Å². The average Bonchev–Trinajstić information content (AvgIpc) is 2.54. The van der Waals surface area contributed by atoms with Gasteiger partial charge in [-0.15, -0.1) is 0 Å². The maximum atomic E-state index is 12.1. The molecule has 0 spiro atoms. The number of hydrogen-bond acceptors (Lipinski definition) is 4. The molecule has 2 rings (SSSR count). The van der Waals surface area contributed by atoms with E-state index in [2.05, 4.69) is 27.4 Å². The minimum atomic E-state index is -0.184. The second-order valence-electron chi connectivity index (χ2n) is 4.46. The number of benzene rings is 1. The first-order valence-electron chi connectivity index (χ1n) is 6.57. The summed E-state index contributed by atoms with van der Waals surface area (Å²) in [7, 11) is 0. The molecule has 3 N–H and O–H groups in total. The van der Waals surface area contributed by atoms with Crippen LogP contribution in [0.4, 0.5) is 0 Å². The standard InChI is InChI=1S/C16H16N4O/c1-12(20-16(21)15-7-9-18-19-11-15)14-6-2-4-13(10-14)5-3-8-17/h2,4,6-7,9-12H,8,17H2,1H3,(H,20,21). The van der Waals surface area contributed by atoms with Gasteiger partial charge in [0.1, 0.15) is 0 Å². The van der Waals surface area contributed by atoms with Gasteiger partial charge in [-0.05, 0) is 30.7 Å². The van der Waals surface area contributed by atoms with Gasteiger partial charge in [-0.1, -0.05) is 24.0 Å². The van der Waals surface area contributed by atoms with Gasteiger partial charge in [-0.3, -0.25) is 4.79 Å². The molecule has 1 unspecified atom stereocenters. The zero-order chi connectivity index (χ0) is 15.1. The van der Waals surface area contributed by atoms with Crippen molar-refractivity contribution >= 4 is 5.91 Å². The van der Waals surface area contributed by atoms with E-state index in [1.165, 1.54) is 12.4 Å². The Bertz CT molecular complexity index is 673. The molecule has 106 valence electrons. The molecule has 1 atom stereocenters. The highest BCUT2D eigenvalue weighted by Crippen LogP contribution is 2.14. The molecule has 0 radical (unpaired) electrons. The maximum absolute atomic E-state index is 12.1. The lowest BCUT2D eigenvalue weighted by Crippen LogP contribution is -2.26. The summed E-state index contributed by atoms with van der Waals surface area (Å²) in [5, 5.41) is 10.3. The molecule has 5 nitrogen and oxygen atoms in total. The summed E-state index contributed by atoms with van der Waals surface area (Å²) in [5.41, 5.74) is 7.71. The number of nitrogens with one attached hydrogen (secondary N) is 1. The zero-order valence-corrected chi connectivity index (χ0v) is 11.7. The van der Waals surface area contributed by atoms with Crippen molar-refractivity contribution in [3.8, 4) is 11.8 Å². The first-order valence-corrected chi connectivity index (χ1v) is 6.57. The second-order valence-corrected chi connectivity index (χ2v) is 4.46. The number of rotatable bonds is 3. The predicted octanol–water partition coefficient (Wildman–Crippen LogP) is 1.28. The van der Waals surface area contributed by atoms with E-state index in [1.54, 1.807) is 6.07 Å². The average molecular weight is 280 g/mol. The fourth-order valence-electron chi connectivity index (χ4n) is 1.83. The minimum Gasteiger partial charge on any atom is -0.345 e. The highest BCUT2D eigenvalue weighted by molar-refractivity contribution is 5.93. The molecule has 0 aliphatic heterocycles. The molecule has 0 saturated carbocycles. The van der Waals surface area contributed by atoms with Gasteiger partial charge in [0.05, 0.1) is 30.5 Å². The summed E-state index contributed by atoms with van der Waals surface area (Å²) in [5.74, 6) is 5.61. The van der Waals surface area contributed by atoms with E-state index in [4.69, 9.17) is 5.73 Å².